The maximum Gasteiger partial charge on any atom is 0.261 e. The van der Waals surface area contributed by atoms with Crippen molar-refractivity contribution in [1.82, 2.24) is 29.4 Å². The van der Waals surface area contributed by atoms with Gasteiger partial charge < -0.3 is 4.74 Å². The number of aryl methyl sites for hydroxylation is 1. The topological polar surface area (TPSA) is 78.1 Å². The van der Waals surface area contributed by atoms with Crippen molar-refractivity contribution in [1.29, 1.82) is 0 Å². The normalized spacial score (nSPS) is 20.8. The Bertz CT molecular complexity index is 965. The number of fused-ring (bicyclic) bond motifs is 1. The van der Waals surface area contributed by atoms with Crippen molar-refractivity contribution in [2.45, 2.75) is 18.6 Å². The summed E-state index contributed by atoms with van der Waals surface area (Å²) in [6, 6.07) is 7.43. The quantitative estimate of drug-likeness (QED) is 0.669. The van der Waals surface area contributed by atoms with Gasteiger partial charge in [0.2, 0.25) is 0 Å². The number of hydrogen-bond donors (Lipinski definition) is 0. The standard InChI is InChI=1S/C18H22N6O2/c1-22-10-16(20-21-22)14-9-23(11-17(14)26-2)7-8-24-12-19-15-6-4-3-5-13(15)18(24)25/h3-6,10,12,14,17H,7-9,11H2,1-2H3/t14-,17+/m0/s1. The summed E-state index contributed by atoms with van der Waals surface area (Å²) < 4.78 is 9.05. The number of methoxy groups -OCH3 is 1. The first-order valence-electron chi connectivity index (χ1n) is 8.71. The Kier molecular flexibility index (Phi) is 4.52. The molecule has 3 aromatic rings. The highest BCUT2D eigenvalue weighted by atomic mass is 16.5. The van der Waals surface area contributed by atoms with Gasteiger partial charge in [-0.15, -0.1) is 5.10 Å². The third-order valence-corrected chi connectivity index (χ3v) is 5.03. The minimum Gasteiger partial charge on any atom is -0.379 e. The minimum absolute atomic E-state index is 0.00330. The largest absolute Gasteiger partial charge is 0.379 e. The first-order chi connectivity index (χ1) is 12.7. The molecule has 0 bridgehead atoms. The molecule has 0 radical (unpaired) electrons. The number of rotatable bonds is 5. The second-order valence-corrected chi connectivity index (χ2v) is 6.72. The highest BCUT2D eigenvalue weighted by Gasteiger charge is 2.35. The van der Waals surface area contributed by atoms with E-state index in [1.54, 1.807) is 22.7 Å². The summed E-state index contributed by atoms with van der Waals surface area (Å²) >= 11 is 0. The molecule has 0 spiro atoms. The second kappa shape index (κ2) is 6.97. The average molecular weight is 354 g/mol. The fourth-order valence-electron chi connectivity index (χ4n) is 3.61. The Labute approximate surface area is 151 Å². The Morgan fingerprint density at radius 1 is 1.23 bits per heavy atom. The van der Waals surface area contributed by atoms with Gasteiger partial charge in [-0.3, -0.25) is 18.9 Å². The van der Waals surface area contributed by atoms with E-state index in [0.717, 1.165) is 30.8 Å². The van der Waals surface area contributed by atoms with E-state index >= 15 is 0 Å². The smallest absolute Gasteiger partial charge is 0.261 e. The van der Waals surface area contributed by atoms with Crippen LogP contribution in [0.3, 0.4) is 0 Å². The molecule has 8 nitrogen and oxygen atoms in total. The van der Waals surface area contributed by atoms with Crippen LogP contribution in [0.4, 0.5) is 0 Å². The van der Waals surface area contributed by atoms with Crippen LogP contribution in [0.1, 0.15) is 11.6 Å². The lowest BCUT2D eigenvalue weighted by molar-refractivity contribution is 0.0960. The van der Waals surface area contributed by atoms with Crippen LogP contribution in [0.15, 0.2) is 41.6 Å². The first kappa shape index (κ1) is 16.9. The zero-order valence-electron chi connectivity index (χ0n) is 14.9. The van der Waals surface area contributed by atoms with Crippen LogP contribution < -0.4 is 5.56 Å². The van der Waals surface area contributed by atoms with E-state index in [4.69, 9.17) is 4.74 Å². The zero-order valence-corrected chi connectivity index (χ0v) is 14.9. The molecule has 2 atom stereocenters. The van der Waals surface area contributed by atoms with Gasteiger partial charge in [0.15, 0.2) is 0 Å². The van der Waals surface area contributed by atoms with Gasteiger partial charge in [-0.05, 0) is 12.1 Å². The lowest BCUT2D eigenvalue weighted by Gasteiger charge is -2.16. The molecule has 0 unspecified atom stereocenters. The molecule has 8 heteroatoms. The van der Waals surface area contributed by atoms with Crippen molar-refractivity contribution in [2.24, 2.45) is 7.05 Å². The summed E-state index contributed by atoms with van der Waals surface area (Å²) in [5.74, 6) is 0.195. The summed E-state index contributed by atoms with van der Waals surface area (Å²) in [5.41, 5.74) is 1.69. The van der Waals surface area contributed by atoms with Crippen LogP contribution in [0.2, 0.25) is 0 Å². The van der Waals surface area contributed by atoms with Gasteiger partial charge in [0.25, 0.3) is 5.56 Å². The molecule has 0 aliphatic carbocycles. The number of ether oxygens (including phenoxy) is 1. The Morgan fingerprint density at radius 2 is 2.08 bits per heavy atom. The number of benzene rings is 1. The van der Waals surface area contributed by atoms with Gasteiger partial charge >= 0.3 is 0 Å². The minimum atomic E-state index is 0.00330. The summed E-state index contributed by atoms with van der Waals surface area (Å²) in [6.07, 6.45) is 3.66. The van der Waals surface area contributed by atoms with Gasteiger partial charge in [-0.2, -0.15) is 0 Å². The van der Waals surface area contributed by atoms with Crippen molar-refractivity contribution < 1.29 is 4.74 Å². The molecule has 3 heterocycles. The molecule has 136 valence electrons. The molecule has 0 N–H and O–H groups in total. The Morgan fingerprint density at radius 3 is 2.85 bits per heavy atom. The van der Waals surface area contributed by atoms with Crippen LogP contribution >= 0.6 is 0 Å². The van der Waals surface area contributed by atoms with E-state index in [9.17, 15) is 4.79 Å². The molecule has 1 aliphatic heterocycles. The summed E-state index contributed by atoms with van der Waals surface area (Å²) in [4.78, 5) is 19.3. The van der Waals surface area contributed by atoms with E-state index in [0.29, 0.717) is 11.9 Å². The average Bonchev–Trinajstić information content (AvgIpc) is 3.27. The molecule has 0 amide bonds. The van der Waals surface area contributed by atoms with E-state index in [1.165, 1.54) is 0 Å². The predicted molar refractivity (Wildman–Crippen MR) is 97.0 cm³/mol. The molecule has 1 aromatic carbocycles. The van der Waals surface area contributed by atoms with Gasteiger partial charge in [-0.25, -0.2) is 4.98 Å². The SMILES string of the molecule is CO[C@@H]1CN(CCn2cnc3ccccc3c2=O)C[C@H]1c1cn(C)nn1. The Balaban J connectivity index is 1.47. The van der Waals surface area contributed by atoms with Gasteiger partial charge in [0.1, 0.15) is 0 Å². The molecule has 4 rings (SSSR count). The van der Waals surface area contributed by atoms with Crippen molar-refractivity contribution in [3.05, 3.63) is 52.8 Å². The number of hydrogen-bond acceptors (Lipinski definition) is 6. The van der Waals surface area contributed by atoms with Crippen LogP contribution in [-0.2, 0) is 18.3 Å². The molecule has 26 heavy (non-hydrogen) atoms. The fraction of sp³-hybridized carbons (Fsp3) is 0.444. The maximum atomic E-state index is 12.6. The molecular formula is C18H22N6O2. The molecular weight excluding hydrogens is 332 g/mol. The van der Waals surface area contributed by atoms with Crippen LogP contribution in [0.5, 0.6) is 0 Å². The van der Waals surface area contributed by atoms with Crippen LogP contribution in [-0.4, -0.2) is 62.3 Å². The number of nitrogens with zero attached hydrogens (tertiary/aromatic N) is 6. The van der Waals surface area contributed by atoms with Crippen molar-refractivity contribution in [3.63, 3.8) is 0 Å². The van der Waals surface area contributed by atoms with Gasteiger partial charge in [-0.1, -0.05) is 17.3 Å². The van der Waals surface area contributed by atoms with Crippen molar-refractivity contribution >= 4 is 10.9 Å². The van der Waals surface area contributed by atoms with Gasteiger partial charge in [0.05, 0.1) is 29.0 Å². The highest BCUT2D eigenvalue weighted by molar-refractivity contribution is 5.76. The summed E-state index contributed by atoms with van der Waals surface area (Å²) in [7, 11) is 3.60. The van der Waals surface area contributed by atoms with E-state index in [-0.39, 0.29) is 17.6 Å². The predicted octanol–water partition coefficient (Wildman–Crippen LogP) is 0.639. The van der Waals surface area contributed by atoms with E-state index in [2.05, 4.69) is 20.2 Å². The zero-order chi connectivity index (χ0) is 18.1. The molecule has 2 aromatic heterocycles. The fourth-order valence-corrected chi connectivity index (χ4v) is 3.61. The maximum absolute atomic E-state index is 12.6. The van der Waals surface area contributed by atoms with Crippen LogP contribution in [0.25, 0.3) is 10.9 Å². The number of likely N-dealkylation sites (tertiary alicyclic amines) is 1. The molecule has 0 saturated carbocycles. The summed E-state index contributed by atoms with van der Waals surface area (Å²) in [6.45, 7) is 3.01. The van der Waals surface area contributed by atoms with E-state index in [1.807, 2.05) is 37.5 Å². The Hall–Kier alpha value is -2.58. The molecule has 1 aliphatic rings. The highest BCUT2D eigenvalue weighted by Crippen LogP contribution is 2.27. The first-order valence-corrected chi connectivity index (χ1v) is 8.71. The van der Waals surface area contributed by atoms with Crippen molar-refractivity contribution in [3.8, 4) is 0 Å². The number of para-hydroxylation sites is 1. The lowest BCUT2D eigenvalue weighted by atomic mass is 10.0. The monoisotopic (exact) mass is 354 g/mol. The third kappa shape index (κ3) is 3.13. The second-order valence-electron chi connectivity index (χ2n) is 6.72. The van der Waals surface area contributed by atoms with Gasteiger partial charge in [0, 0.05) is 52.5 Å². The van der Waals surface area contributed by atoms with Crippen molar-refractivity contribution in [2.75, 3.05) is 26.7 Å². The summed E-state index contributed by atoms with van der Waals surface area (Å²) in [5, 5.41) is 8.92. The number of aromatic nitrogens is 5. The van der Waals surface area contributed by atoms with Crippen LogP contribution in [0, 0.1) is 0 Å². The lowest BCUT2D eigenvalue weighted by Crippen LogP contribution is -2.30. The molecule has 1 saturated heterocycles. The van der Waals surface area contributed by atoms with E-state index < -0.39 is 0 Å². The third-order valence-electron chi connectivity index (χ3n) is 5.03. The molecule has 1 fully saturated rings.